The molecule has 1 aliphatic rings. The monoisotopic (exact) mass is 355 g/mol. The highest BCUT2D eigenvalue weighted by Crippen LogP contribution is 2.40. The van der Waals surface area contributed by atoms with Crippen LogP contribution in [0.25, 0.3) is 0 Å². The van der Waals surface area contributed by atoms with Crippen LogP contribution in [0.4, 0.5) is 0 Å². The third-order valence-corrected chi connectivity index (χ3v) is 5.53. The van der Waals surface area contributed by atoms with Crippen molar-refractivity contribution in [2.45, 2.75) is 43.5 Å². The van der Waals surface area contributed by atoms with Crippen LogP contribution in [0.2, 0.25) is 0 Å². The van der Waals surface area contributed by atoms with E-state index < -0.39 is 0 Å². The Morgan fingerprint density at radius 3 is 2.75 bits per heavy atom. The fourth-order valence-electron chi connectivity index (χ4n) is 2.86. The first-order chi connectivity index (χ1) is 9.72. The maximum Gasteiger partial charge on any atom is 0.231 e. The number of amides is 1. The van der Waals surface area contributed by atoms with E-state index in [4.69, 9.17) is 0 Å². The predicted octanol–water partition coefficient (Wildman–Crippen LogP) is 4.29. The van der Waals surface area contributed by atoms with Crippen molar-refractivity contribution in [3.05, 3.63) is 29.8 Å². The third kappa shape index (κ3) is 3.22. The summed E-state index contributed by atoms with van der Waals surface area (Å²) >= 11 is 5.29. The van der Waals surface area contributed by atoms with Crippen molar-refractivity contribution < 1.29 is 4.79 Å². The molecule has 0 aromatic heterocycles. The molecule has 1 aliphatic heterocycles. The van der Waals surface area contributed by atoms with Crippen molar-refractivity contribution in [2.75, 3.05) is 17.6 Å². The number of carbonyl (C=O) groups is 1. The molecule has 1 aromatic carbocycles. The number of hydrogen-bond donors (Lipinski definition) is 0. The molecule has 0 aliphatic carbocycles. The average molecular weight is 356 g/mol. The van der Waals surface area contributed by atoms with Gasteiger partial charge in [-0.1, -0.05) is 48.0 Å². The molecule has 0 saturated carbocycles. The van der Waals surface area contributed by atoms with Gasteiger partial charge in [-0.05, 0) is 24.5 Å². The second kappa shape index (κ2) is 7.51. The van der Waals surface area contributed by atoms with Crippen molar-refractivity contribution in [2.24, 2.45) is 0 Å². The minimum absolute atomic E-state index is 0.0378. The number of benzene rings is 1. The third-order valence-electron chi connectivity index (χ3n) is 3.99. The second-order valence-electron chi connectivity index (χ2n) is 5.09. The number of carbonyl (C=O) groups excluding carboxylic acids is 1. The molecule has 2 nitrogen and oxygen atoms in total. The lowest BCUT2D eigenvalue weighted by molar-refractivity contribution is -0.134. The van der Waals surface area contributed by atoms with Gasteiger partial charge in [-0.3, -0.25) is 4.79 Å². The molecule has 0 bridgehead atoms. The molecule has 0 radical (unpaired) electrons. The Hall–Kier alpha value is -0.480. The van der Waals surface area contributed by atoms with Crippen LogP contribution >= 0.6 is 27.7 Å². The first-order valence-corrected chi connectivity index (χ1v) is 9.41. The highest BCUT2D eigenvalue weighted by atomic mass is 79.9. The molecular weight excluding hydrogens is 334 g/mol. The van der Waals surface area contributed by atoms with Crippen LogP contribution in [0.5, 0.6) is 0 Å². The lowest BCUT2D eigenvalue weighted by Crippen LogP contribution is -2.43. The van der Waals surface area contributed by atoms with Gasteiger partial charge in [-0.25, -0.2) is 0 Å². The molecule has 20 heavy (non-hydrogen) atoms. The first-order valence-electron chi connectivity index (χ1n) is 7.31. The minimum atomic E-state index is 0.0378. The Bertz CT molecular complexity index is 462. The van der Waals surface area contributed by atoms with Crippen LogP contribution in [0.15, 0.2) is 29.2 Å². The van der Waals surface area contributed by atoms with Crippen LogP contribution < -0.4 is 0 Å². The molecule has 1 heterocycles. The largest absolute Gasteiger partial charge is 0.338 e. The Kier molecular flexibility index (Phi) is 5.97. The number of rotatable bonds is 6. The molecule has 0 spiro atoms. The van der Waals surface area contributed by atoms with E-state index in [1.165, 1.54) is 10.5 Å². The zero-order valence-electron chi connectivity index (χ0n) is 12.1. The maximum atomic E-state index is 12.9. The molecule has 1 unspecified atom stereocenters. The van der Waals surface area contributed by atoms with Gasteiger partial charge in [0.2, 0.25) is 5.91 Å². The predicted molar refractivity (Wildman–Crippen MR) is 89.8 cm³/mol. The van der Waals surface area contributed by atoms with E-state index in [9.17, 15) is 4.79 Å². The Morgan fingerprint density at radius 2 is 2.10 bits per heavy atom. The number of halogens is 1. The summed E-state index contributed by atoms with van der Waals surface area (Å²) in [5.41, 5.74) is 1.22. The number of hydrogen-bond acceptors (Lipinski definition) is 2. The standard InChI is InChI=1S/C16H22BrNOS/c1-3-12(4-2)18(10-9-17)16(19)14-11-20-15-8-6-5-7-13(14)15/h5-8,12,14H,3-4,9-11H2,1-2H3. The number of thioether (sulfide) groups is 1. The summed E-state index contributed by atoms with van der Waals surface area (Å²) in [7, 11) is 0. The van der Waals surface area contributed by atoms with Gasteiger partial charge in [0.25, 0.3) is 0 Å². The topological polar surface area (TPSA) is 20.3 Å². The van der Waals surface area contributed by atoms with Gasteiger partial charge in [0.1, 0.15) is 0 Å². The average Bonchev–Trinajstić information content (AvgIpc) is 2.91. The number of fused-ring (bicyclic) bond motifs is 1. The molecule has 4 heteroatoms. The van der Waals surface area contributed by atoms with Crippen LogP contribution in [-0.2, 0) is 4.79 Å². The van der Waals surface area contributed by atoms with Gasteiger partial charge in [0.15, 0.2) is 0 Å². The van der Waals surface area contributed by atoms with Crippen LogP contribution in [0.3, 0.4) is 0 Å². The number of nitrogens with zero attached hydrogens (tertiary/aromatic N) is 1. The Morgan fingerprint density at radius 1 is 1.40 bits per heavy atom. The number of alkyl halides is 1. The summed E-state index contributed by atoms with van der Waals surface area (Å²) in [5.74, 6) is 1.23. The van der Waals surface area contributed by atoms with Crippen molar-refractivity contribution in [3.63, 3.8) is 0 Å². The lowest BCUT2D eigenvalue weighted by Gasteiger charge is -2.32. The zero-order chi connectivity index (χ0) is 14.5. The molecule has 0 saturated heterocycles. The van der Waals surface area contributed by atoms with Crippen LogP contribution in [0, 0.1) is 0 Å². The first kappa shape index (κ1) is 15.9. The van der Waals surface area contributed by atoms with Gasteiger partial charge < -0.3 is 4.90 Å². The van der Waals surface area contributed by atoms with Crippen molar-refractivity contribution >= 4 is 33.6 Å². The quantitative estimate of drug-likeness (QED) is 0.709. The maximum absolute atomic E-state index is 12.9. The van der Waals surface area contributed by atoms with E-state index in [2.05, 4.69) is 52.9 Å². The Labute approximate surface area is 134 Å². The molecule has 110 valence electrons. The van der Waals surface area contributed by atoms with E-state index in [0.29, 0.717) is 11.9 Å². The van der Waals surface area contributed by atoms with E-state index >= 15 is 0 Å². The SMILES string of the molecule is CCC(CC)N(CCBr)C(=O)C1CSc2ccccc21. The van der Waals surface area contributed by atoms with E-state index in [1.54, 1.807) is 0 Å². The fraction of sp³-hybridized carbons (Fsp3) is 0.562. The second-order valence-corrected chi connectivity index (χ2v) is 6.95. The highest BCUT2D eigenvalue weighted by Gasteiger charge is 2.33. The van der Waals surface area contributed by atoms with Crippen LogP contribution in [0.1, 0.15) is 38.2 Å². The van der Waals surface area contributed by atoms with Gasteiger partial charge in [0.05, 0.1) is 5.92 Å². The van der Waals surface area contributed by atoms with E-state index in [-0.39, 0.29) is 5.92 Å². The van der Waals surface area contributed by atoms with Gasteiger partial charge in [-0.2, -0.15) is 0 Å². The van der Waals surface area contributed by atoms with Gasteiger partial charge >= 0.3 is 0 Å². The lowest BCUT2D eigenvalue weighted by atomic mass is 9.98. The summed E-state index contributed by atoms with van der Waals surface area (Å²) in [6.07, 6.45) is 2.05. The van der Waals surface area contributed by atoms with Crippen LogP contribution in [-0.4, -0.2) is 34.5 Å². The van der Waals surface area contributed by atoms with Gasteiger partial charge in [-0.15, -0.1) is 11.8 Å². The van der Waals surface area contributed by atoms with Crippen molar-refractivity contribution in [3.8, 4) is 0 Å². The van der Waals surface area contributed by atoms with E-state index in [1.807, 2.05) is 17.8 Å². The summed E-state index contributed by atoms with van der Waals surface area (Å²) in [6.45, 7) is 5.13. The summed E-state index contributed by atoms with van der Waals surface area (Å²) in [4.78, 5) is 16.3. The summed E-state index contributed by atoms with van der Waals surface area (Å²) < 4.78 is 0. The Balaban J connectivity index is 2.20. The van der Waals surface area contributed by atoms with Crippen molar-refractivity contribution in [1.29, 1.82) is 0 Å². The normalized spacial score (nSPS) is 17.3. The van der Waals surface area contributed by atoms with Gasteiger partial charge in [0, 0.05) is 28.6 Å². The van der Waals surface area contributed by atoms with Crippen molar-refractivity contribution in [1.82, 2.24) is 4.90 Å². The fourth-order valence-corrected chi connectivity index (χ4v) is 4.46. The summed E-state index contributed by atoms with van der Waals surface area (Å²) in [6, 6.07) is 8.68. The molecule has 1 atom stereocenters. The minimum Gasteiger partial charge on any atom is -0.338 e. The zero-order valence-corrected chi connectivity index (χ0v) is 14.5. The highest BCUT2D eigenvalue weighted by molar-refractivity contribution is 9.09. The summed E-state index contributed by atoms with van der Waals surface area (Å²) in [5, 5.41) is 0.844. The molecule has 2 rings (SSSR count). The molecular formula is C16H22BrNOS. The van der Waals surface area contributed by atoms with E-state index in [0.717, 1.165) is 30.5 Å². The molecule has 1 amide bonds. The molecule has 1 aromatic rings. The smallest absolute Gasteiger partial charge is 0.231 e. The molecule has 0 fully saturated rings. The molecule has 0 N–H and O–H groups in total.